The molecule has 0 saturated carbocycles. The van der Waals surface area contributed by atoms with Crippen molar-refractivity contribution in [1.82, 2.24) is 24.1 Å². The highest BCUT2D eigenvalue weighted by molar-refractivity contribution is 6.26. The highest BCUT2D eigenvalue weighted by atomic mass is 16.3. The summed E-state index contributed by atoms with van der Waals surface area (Å²) in [5, 5.41) is 10.8. The molecular weight excluding hydrogens is 1020 g/mol. The molecule has 0 saturated heterocycles. The molecule has 0 unspecified atom stereocenters. The molecule has 0 atom stereocenters. The van der Waals surface area contributed by atoms with Crippen LogP contribution in [0.15, 0.2) is 274 Å². The van der Waals surface area contributed by atoms with Crippen LogP contribution in [0.2, 0.25) is 0 Å². The fourth-order valence-electron chi connectivity index (χ4n) is 13.0. The molecule has 8 nitrogen and oxygen atoms in total. The number of para-hydroxylation sites is 5. The lowest BCUT2D eigenvalue weighted by Gasteiger charge is -2.21. The first-order chi connectivity index (χ1) is 41.1. The van der Waals surface area contributed by atoms with Crippen molar-refractivity contribution in [2.45, 2.75) is 0 Å². The second-order valence-electron chi connectivity index (χ2n) is 21.4. The van der Waals surface area contributed by atoms with Crippen LogP contribution >= 0.6 is 0 Å². The summed E-state index contributed by atoms with van der Waals surface area (Å²) < 4.78 is 24.9. The molecule has 18 rings (SSSR count). The molecule has 0 spiro atoms. The van der Waals surface area contributed by atoms with Gasteiger partial charge in [0.05, 0.1) is 33.1 Å². The summed E-state index contributed by atoms with van der Waals surface area (Å²) in [5.74, 6) is 1.55. The molecule has 386 valence electrons. The van der Waals surface area contributed by atoms with E-state index in [4.69, 9.17) is 28.2 Å². The molecule has 0 N–H and O–H groups in total. The number of fused-ring (bicyclic) bond motifs is 16. The summed E-state index contributed by atoms with van der Waals surface area (Å²) >= 11 is 0. The Bertz CT molecular complexity index is 5500. The highest BCUT2D eigenvalue weighted by Gasteiger charge is 2.26. The zero-order chi connectivity index (χ0) is 54.3. The van der Waals surface area contributed by atoms with E-state index < -0.39 is 0 Å². The zero-order valence-corrected chi connectivity index (χ0v) is 44.3. The van der Waals surface area contributed by atoms with Gasteiger partial charge in [-0.1, -0.05) is 164 Å². The second-order valence-corrected chi connectivity index (χ2v) is 21.4. The number of rotatable bonds is 7. The SMILES string of the molecule is c1ccc(-c2cc(-c3nc(-c4ccc5c(c4)oc4ccccc45)nc(-c4ccc5c(c4)oc4ccccc45)n3)cc(-c3ccccc3)c2-n2c3ccccc3c3c4oc5cc6c(cc5c4ccc32)c2ccccc2n6-c2ccccc2)cc1. The van der Waals surface area contributed by atoms with Gasteiger partial charge in [0.15, 0.2) is 17.5 Å². The fourth-order valence-corrected chi connectivity index (χ4v) is 13.0. The summed E-state index contributed by atoms with van der Waals surface area (Å²) in [7, 11) is 0. The van der Waals surface area contributed by atoms with Crippen LogP contribution in [-0.4, -0.2) is 24.1 Å². The van der Waals surface area contributed by atoms with Crippen molar-refractivity contribution in [2.75, 3.05) is 0 Å². The van der Waals surface area contributed by atoms with Crippen LogP contribution in [0.4, 0.5) is 0 Å². The number of hydrogen-bond donors (Lipinski definition) is 0. The maximum Gasteiger partial charge on any atom is 0.164 e. The van der Waals surface area contributed by atoms with E-state index in [2.05, 4.69) is 221 Å². The molecule has 0 radical (unpaired) electrons. The topological polar surface area (TPSA) is 87.9 Å². The minimum Gasteiger partial charge on any atom is -0.456 e. The third-order valence-corrected chi connectivity index (χ3v) is 16.8. The molecule has 0 aliphatic carbocycles. The fraction of sp³-hybridized carbons (Fsp3) is 0. The van der Waals surface area contributed by atoms with Gasteiger partial charge in [-0.3, -0.25) is 0 Å². The minimum atomic E-state index is 0.517. The van der Waals surface area contributed by atoms with E-state index >= 15 is 0 Å². The number of nitrogens with zero attached hydrogens (tertiary/aromatic N) is 5. The predicted molar refractivity (Wildman–Crippen MR) is 338 cm³/mol. The van der Waals surface area contributed by atoms with E-state index in [1.807, 2.05) is 48.5 Å². The van der Waals surface area contributed by atoms with Crippen LogP contribution in [0, 0.1) is 0 Å². The number of aromatic nitrogens is 5. The Morgan fingerprint density at radius 2 is 0.723 bits per heavy atom. The first kappa shape index (κ1) is 45.5. The van der Waals surface area contributed by atoms with Crippen molar-refractivity contribution < 1.29 is 13.3 Å². The summed E-state index contributed by atoms with van der Waals surface area (Å²) in [6.45, 7) is 0. The van der Waals surface area contributed by atoms with Gasteiger partial charge < -0.3 is 22.4 Å². The van der Waals surface area contributed by atoms with Gasteiger partial charge >= 0.3 is 0 Å². The van der Waals surface area contributed by atoms with Crippen LogP contribution in [0.3, 0.4) is 0 Å². The normalized spacial score (nSPS) is 12.1. The maximum atomic E-state index is 7.24. The van der Waals surface area contributed by atoms with Crippen molar-refractivity contribution in [3.63, 3.8) is 0 Å². The molecule has 0 amide bonds. The van der Waals surface area contributed by atoms with E-state index in [1.165, 1.54) is 10.8 Å². The van der Waals surface area contributed by atoms with Gasteiger partial charge in [-0.15, -0.1) is 0 Å². The first-order valence-electron chi connectivity index (χ1n) is 27.9. The van der Waals surface area contributed by atoms with Crippen LogP contribution in [0.1, 0.15) is 0 Å². The van der Waals surface area contributed by atoms with Crippen molar-refractivity contribution in [3.8, 4) is 67.8 Å². The average molecular weight is 1060 g/mol. The van der Waals surface area contributed by atoms with E-state index in [-0.39, 0.29) is 0 Å². The van der Waals surface area contributed by atoms with Crippen LogP contribution in [-0.2, 0) is 0 Å². The van der Waals surface area contributed by atoms with Crippen molar-refractivity contribution >= 4 is 109 Å². The minimum absolute atomic E-state index is 0.517. The Balaban J connectivity index is 0.894. The molecule has 83 heavy (non-hydrogen) atoms. The lowest BCUT2D eigenvalue weighted by Crippen LogP contribution is -2.04. The molecule has 12 aromatic carbocycles. The lowest BCUT2D eigenvalue weighted by molar-refractivity contribution is 0.668. The molecule has 0 aliphatic rings. The van der Waals surface area contributed by atoms with E-state index in [9.17, 15) is 0 Å². The van der Waals surface area contributed by atoms with Gasteiger partial charge in [-0.25, -0.2) is 15.0 Å². The monoisotopic (exact) mass is 1060 g/mol. The smallest absolute Gasteiger partial charge is 0.164 e. The van der Waals surface area contributed by atoms with Gasteiger partial charge in [-0.05, 0) is 102 Å². The van der Waals surface area contributed by atoms with Crippen molar-refractivity contribution in [1.29, 1.82) is 0 Å². The van der Waals surface area contributed by atoms with E-state index in [0.717, 1.165) is 149 Å². The summed E-state index contributed by atoms with van der Waals surface area (Å²) in [5.41, 5.74) is 17.8. The van der Waals surface area contributed by atoms with Gasteiger partial charge in [-0.2, -0.15) is 0 Å². The van der Waals surface area contributed by atoms with Gasteiger partial charge in [0.2, 0.25) is 0 Å². The number of hydrogen-bond acceptors (Lipinski definition) is 6. The number of furan rings is 3. The molecule has 6 heterocycles. The summed E-state index contributed by atoms with van der Waals surface area (Å²) in [6, 6.07) is 91.6. The summed E-state index contributed by atoms with van der Waals surface area (Å²) in [6.07, 6.45) is 0. The standard InChI is InChI=1S/C75H43N5O3/c1-4-18-44(19-5-1)57-38-48(75-77-73(46-32-34-53-51-25-12-16-30-65(51)81-67(53)40-46)76-74(78-75)47-33-35-54-52-26-13-17-31-66(52)82-68(54)41-47)39-58(45-20-6-2-7-21-45)71(57)80-62-29-15-11-27-56(62)70-63(80)37-36-55-60-42-59-50-24-10-14-28-61(50)79(49-22-8-3-9-23-49)64(59)43-69(60)83-72(55)70/h1-43H. The lowest BCUT2D eigenvalue weighted by atomic mass is 9.92. The highest BCUT2D eigenvalue weighted by Crippen LogP contribution is 2.48. The second kappa shape index (κ2) is 17.6. The summed E-state index contributed by atoms with van der Waals surface area (Å²) in [4.78, 5) is 16.1. The van der Waals surface area contributed by atoms with Gasteiger partial charge in [0, 0.05) is 88.0 Å². The van der Waals surface area contributed by atoms with Gasteiger partial charge in [0.25, 0.3) is 0 Å². The molecule has 8 heteroatoms. The predicted octanol–water partition coefficient (Wildman–Crippen LogP) is 20.1. The average Bonchev–Trinajstić information content (AvgIpc) is 3.20. The molecule has 0 fully saturated rings. The quantitative estimate of drug-likeness (QED) is 0.158. The first-order valence-corrected chi connectivity index (χ1v) is 27.9. The van der Waals surface area contributed by atoms with Gasteiger partial charge in [0.1, 0.15) is 33.5 Å². The zero-order valence-electron chi connectivity index (χ0n) is 44.3. The Labute approximate surface area is 473 Å². The van der Waals surface area contributed by atoms with Crippen molar-refractivity contribution in [3.05, 3.63) is 261 Å². The third kappa shape index (κ3) is 6.90. The Hall–Kier alpha value is -11.4. The van der Waals surface area contributed by atoms with Crippen LogP contribution in [0.25, 0.3) is 177 Å². The molecule has 0 bridgehead atoms. The largest absolute Gasteiger partial charge is 0.456 e. The Kier molecular flexibility index (Phi) is 9.64. The third-order valence-electron chi connectivity index (χ3n) is 16.8. The van der Waals surface area contributed by atoms with Crippen molar-refractivity contribution in [2.24, 2.45) is 0 Å². The molecule has 18 aromatic rings. The molecule has 6 aromatic heterocycles. The van der Waals surface area contributed by atoms with Crippen LogP contribution in [0.5, 0.6) is 0 Å². The maximum absolute atomic E-state index is 7.24. The molecule has 0 aliphatic heterocycles. The van der Waals surface area contributed by atoms with E-state index in [1.54, 1.807) is 0 Å². The molecular formula is C75H43N5O3. The Morgan fingerprint density at radius 3 is 1.33 bits per heavy atom. The Morgan fingerprint density at radius 1 is 0.253 bits per heavy atom. The van der Waals surface area contributed by atoms with Crippen LogP contribution < -0.4 is 0 Å². The van der Waals surface area contributed by atoms with E-state index in [0.29, 0.717) is 17.5 Å². The number of benzene rings is 12.